The van der Waals surface area contributed by atoms with Gasteiger partial charge in [-0.25, -0.2) is 9.24 Å². The van der Waals surface area contributed by atoms with Crippen LogP contribution in [-0.4, -0.2) is 15.9 Å². The lowest BCUT2D eigenvalue weighted by molar-refractivity contribution is -0.904. The van der Waals surface area contributed by atoms with E-state index < -0.39 is 5.60 Å². The molecule has 4 unspecified atom stereocenters. The van der Waals surface area contributed by atoms with E-state index in [1.807, 2.05) is 18.2 Å². The zero-order chi connectivity index (χ0) is 25.0. The van der Waals surface area contributed by atoms with Crippen molar-refractivity contribution in [3.8, 4) is 11.1 Å². The van der Waals surface area contributed by atoms with E-state index in [2.05, 4.69) is 36.0 Å². The maximum atomic E-state index is 14.9. The van der Waals surface area contributed by atoms with Crippen molar-refractivity contribution in [1.82, 2.24) is 0 Å². The second kappa shape index (κ2) is 8.71. The third kappa shape index (κ3) is 3.71. The van der Waals surface area contributed by atoms with Gasteiger partial charge in [0, 0.05) is 17.2 Å². The summed E-state index contributed by atoms with van der Waals surface area (Å²) < 4.78 is 16.0. The van der Waals surface area contributed by atoms with Gasteiger partial charge in [0.05, 0.1) is 17.7 Å². The average Bonchev–Trinajstić information content (AvgIpc) is 3.22. The predicted octanol–water partition coefficient (Wildman–Crippen LogP) is 6.25. The molecule has 6 rings (SSSR count). The van der Waals surface area contributed by atoms with Crippen LogP contribution >= 0.6 is 0 Å². The molecule has 5 heteroatoms. The third-order valence-electron chi connectivity index (χ3n) is 9.39. The Bertz CT molecular complexity index is 1350. The second-order valence-electron chi connectivity index (χ2n) is 11.3. The molecule has 2 aromatic carbocycles. The fourth-order valence-corrected chi connectivity index (χ4v) is 8.02. The van der Waals surface area contributed by atoms with Gasteiger partial charge < -0.3 is 5.11 Å². The van der Waals surface area contributed by atoms with E-state index in [1.165, 1.54) is 0 Å². The van der Waals surface area contributed by atoms with Crippen LogP contribution in [0.4, 0.5) is 10.1 Å². The Balaban J connectivity index is 1.24. The van der Waals surface area contributed by atoms with Crippen LogP contribution in [0.1, 0.15) is 55.2 Å². The largest absolute Gasteiger partial charge is 0.389 e. The highest BCUT2D eigenvalue weighted by Crippen LogP contribution is 2.60. The van der Waals surface area contributed by atoms with Crippen molar-refractivity contribution in [2.24, 2.45) is 23.7 Å². The lowest BCUT2D eigenvalue weighted by Crippen LogP contribution is -2.47. The smallest absolute Gasteiger partial charge is 0.230 e. The SMILES string of the molecule is [C-]#[N+]c1ccc2c(c1F)CCC1C2C[C@@H](C)C2C1CC[C@@]2(O)Cc1ccc(-c2ccc[n+](O)c2)cc1. The number of hydrogen-bond donors (Lipinski definition) is 2. The van der Waals surface area contributed by atoms with Crippen LogP contribution in [0.25, 0.3) is 16.0 Å². The molecule has 4 nitrogen and oxygen atoms in total. The van der Waals surface area contributed by atoms with Crippen LogP contribution in [0.3, 0.4) is 0 Å². The average molecular weight is 484 g/mol. The molecule has 6 atom stereocenters. The second-order valence-corrected chi connectivity index (χ2v) is 11.3. The summed E-state index contributed by atoms with van der Waals surface area (Å²) in [6.07, 6.45) is 8.33. The lowest BCUT2D eigenvalue weighted by Gasteiger charge is -2.50. The van der Waals surface area contributed by atoms with E-state index in [0.717, 1.165) is 58.2 Å². The molecule has 0 aliphatic heterocycles. The first-order chi connectivity index (χ1) is 17.4. The van der Waals surface area contributed by atoms with Crippen molar-refractivity contribution in [3.05, 3.63) is 94.8 Å². The van der Waals surface area contributed by atoms with Gasteiger partial charge in [-0.15, -0.1) is 0 Å². The number of halogens is 1. The lowest BCUT2D eigenvalue weighted by atomic mass is 9.56. The first-order valence-corrected chi connectivity index (χ1v) is 13.1. The predicted molar refractivity (Wildman–Crippen MR) is 135 cm³/mol. The van der Waals surface area contributed by atoms with Crippen molar-refractivity contribution in [1.29, 1.82) is 0 Å². The van der Waals surface area contributed by atoms with E-state index in [0.29, 0.717) is 36.5 Å². The Morgan fingerprint density at radius 1 is 1.08 bits per heavy atom. The van der Waals surface area contributed by atoms with E-state index in [9.17, 15) is 14.7 Å². The Morgan fingerprint density at radius 2 is 1.89 bits per heavy atom. The quantitative estimate of drug-likeness (QED) is 0.263. The van der Waals surface area contributed by atoms with Crippen LogP contribution < -0.4 is 4.73 Å². The number of hydrogen-bond acceptors (Lipinski definition) is 2. The van der Waals surface area contributed by atoms with E-state index >= 15 is 0 Å². The first kappa shape index (κ1) is 23.2. The topological polar surface area (TPSA) is 48.7 Å². The normalized spacial score (nSPS) is 30.7. The molecule has 0 saturated heterocycles. The molecular formula is C31H32FN2O2+. The molecule has 3 aliphatic carbocycles. The summed E-state index contributed by atoms with van der Waals surface area (Å²) in [6.45, 7) is 9.53. The molecule has 2 saturated carbocycles. The Hall–Kier alpha value is -3.23. The molecular weight excluding hydrogens is 451 g/mol. The number of aliphatic hydroxyl groups is 1. The molecule has 3 aliphatic rings. The van der Waals surface area contributed by atoms with Gasteiger partial charge in [-0.3, -0.25) is 5.21 Å². The highest BCUT2D eigenvalue weighted by molar-refractivity contribution is 5.61. The zero-order valence-corrected chi connectivity index (χ0v) is 20.6. The number of nitrogens with zero attached hydrogens (tertiary/aromatic N) is 2. The van der Waals surface area contributed by atoms with Crippen LogP contribution in [0.5, 0.6) is 0 Å². The van der Waals surface area contributed by atoms with Gasteiger partial charge in [-0.2, -0.15) is 0 Å². The fraction of sp³-hybridized carbons (Fsp3) is 0.419. The highest BCUT2D eigenvalue weighted by Gasteiger charge is 2.56. The molecule has 0 amide bonds. The van der Waals surface area contributed by atoms with Gasteiger partial charge in [0.1, 0.15) is 5.82 Å². The van der Waals surface area contributed by atoms with Crippen molar-refractivity contribution in [2.45, 2.75) is 57.0 Å². The number of rotatable bonds is 3. The number of benzene rings is 2. The van der Waals surface area contributed by atoms with Gasteiger partial charge in [0.25, 0.3) is 0 Å². The Morgan fingerprint density at radius 3 is 2.64 bits per heavy atom. The summed E-state index contributed by atoms with van der Waals surface area (Å²) >= 11 is 0. The van der Waals surface area contributed by atoms with Gasteiger partial charge in [-0.1, -0.05) is 43.3 Å². The minimum Gasteiger partial charge on any atom is -0.389 e. The molecule has 3 aromatic rings. The summed E-state index contributed by atoms with van der Waals surface area (Å²) in [6, 6.07) is 15.8. The summed E-state index contributed by atoms with van der Waals surface area (Å²) in [5.74, 6) is 1.52. The summed E-state index contributed by atoms with van der Waals surface area (Å²) in [5.41, 5.74) is 4.38. The monoisotopic (exact) mass is 483 g/mol. The molecule has 36 heavy (non-hydrogen) atoms. The molecule has 184 valence electrons. The molecule has 0 bridgehead atoms. The molecule has 1 heterocycles. The fourth-order valence-electron chi connectivity index (χ4n) is 8.02. The maximum Gasteiger partial charge on any atom is 0.230 e. The number of aromatic nitrogens is 1. The van der Waals surface area contributed by atoms with E-state index in [-0.39, 0.29) is 17.4 Å². The van der Waals surface area contributed by atoms with Crippen molar-refractivity contribution in [2.75, 3.05) is 0 Å². The number of pyridine rings is 1. The summed E-state index contributed by atoms with van der Waals surface area (Å²) in [7, 11) is 0. The first-order valence-electron chi connectivity index (χ1n) is 13.1. The van der Waals surface area contributed by atoms with Crippen LogP contribution in [0.2, 0.25) is 0 Å². The van der Waals surface area contributed by atoms with E-state index in [1.54, 1.807) is 18.5 Å². The maximum absolute atomic E-state index is 14.9. The minimum absolute atomic E-state index is 0.137. The third-order valence-corrected chi connectivity index (χ3v) is 9.39. The Labute approximate surface area is 211 Å². The molecule has 2 N–H and O–H groups in total. The van der Waals surface area contributed by atoms with Gasteiger partial charge in [0.2, 0.25) is 18.1 Å². The minimum atomic E-state index is -0.725. The van der Waals surface area contributed by atoms with Gasteiger partial charge in [0.15, 0.2) is 0 Å². The zero-order valence-electron chi connectivity index (χ0n) is 20.6. The van der Waals surface area contributed by atoms with Gasteiger partial charge in [-0.05, 0) is 90.0 Å². The van der Waals surface area contributed by atoms with Crippen molar-refractivity contribution >= 4 is 5.69 Å². The summed E-state index contributed by atoms with van der Waals surface area (Å²) in [4.78, 5) is 3.37. The molecule has 0 spiro atoms. The molecule has 0 radical (unpaired) electrons. The Kier molecular flexibility index (Phi) is 5.61. The van der Waals surface area contributed by atoms with Crippen LogP contribution in [0.15, 0.2) is 60.9 Å². The van der Waals surface area contributed by atoms with Crippen LogP contribution in [0, 0.1) is 36.1 Å². The molecule has 1 aromatic heterocycles. The van der Waals surface area contributed by atoms with Crippen molar-refractivity contribution < 1.29 is 19.4 Å². The molecule has 2 fully saturated rings. The summed E-state index contributed by atoms with van der Waals surface area (Å²) in [5, 5.41) is 21.7. The number of fused-ring (bicyclic) bond motifs is 5. The van der Waals surface area contributed by atoms with Crippen LogP contribution in [-0.2, 0) is 12.8 Å². The van der Waals surface area contributed by atoms with Crippen molar-refractivity contribution in [3.63, 3.8) is 0 Å². The van der Waals surface area contributed by atoms with Gasteiger partial charge >= 0.3 is 0 Å². The highest BCUT2D eigenvalue weighted by atomic mass is 19.1. The standard InChI is InChI=1S/C31H32FN2O2/c1-19-16-27-23(9-10-26-24(27)11-12-28(33-2)30(26)32)25-13-14-31(35,29(19)25)17-20-5-7-21(8-6-20)22-4-3-15-34(36)18-22/h3-8,11-12,15,18-19,23,25,27,29,35-36H,9-10,13-14,16-17H2,1H3/q+1/t19-,23?,25?,27?,29?,31-/m1/s1. The van der Waals surface area contributed by atoms with E-state index in [4.69, 9.17) is 6.57 Å².